The molecule has 1 aromatic heterocycles. The van der Waals surface area contributed by atoms with Crippen LogP contribution in [0.5, 0.6) is 5.75 Å². The Balaban J connectivity index is 1.85. The first-order chi connectivity index (χ1) is 13.0. The molecule has 0 bridgehead atoms. The van der Waals surface area contributed by atoms with Crippen LogP contribution in [0.25, 0.3) is 0 Å². The van der Waals surface area contributed by atoms with Crippen molar-refractivity contribution in [2.75, 3.05) is 11.8 Å². The van der Waals surface area contributed by atoms with E-state index in [0.717, 1.165) is 25.7 Å². The maximum Gasteiger partial charge on any atom is 0.263 e. The molecule has 27 heavy (non-hydrogen) atoms. The number of hydrogen-bond donors (Lipinski definition) is 2. The maximum atomic E-state index is 12.7. The van der Waals surface area contributed by atoms with Crippen molar-refractivity contribution in [3.63, 3.8) is 0 Å². The molecule has 1 aromatic carbocycles. The number of aromatic nitrogens is 1. The van der Waals surface area contributed by atoms with Gasteiger partial charge in [-0.1, -0.05) is 25.3 Å². The fourth-order valence-corrected chi connectivity index (χ4v) is 4.20. The lowest BCUT2D eigenvalue weighted by Crippen LogP contribution is -2.36. The number of methoxy groups -OCH3 is 1. The average molecular weight is 389 g/mol. The van der Waals surface area contributed by atoms with Crippen LogP contribution < -0.4 is 14.8 Å². The number of benzene rings is 1. The molecular weight excluding hydrogens is 366 g/mol. The summed E-state index contributed by atoms with van der Waals surface area (Å²) in [7, 11) is -2.42. The lowest BCUT2D eigenvalue weighted by molar-refractivity contribution is 0.0924. The van der Waals surface area contributed by atoms with Crippen molar-refractivity contribution >= 4 is 21.7 Å². The highest BCUT2D eigenvalue weighted by atomic mass is 32.2. The standard InChI is InChI=1S/C19H23N3O4S/c1-26-17-11-10-15(27(24,25)22-18-9-5-6-12-20-18)13-16(17)19(23)21-14-7-3-2-4-8-14/h5-6,9-14H,2-4,7-8H2,1H3,(H,20,22)(H,21,23). The molecule has 1 amide bonds. The van der Waals surface area contributed by atoms with Gasteiger partial charge in [0.2, 0.25) is 0 Å². The second-order valence-corrected chi connectivity index (χ2v) is 8.17. The molecule has 8 heteroatoms. The summed E-state index contributed by atoms with van der Waals surface area (Å²) in [5.41, 5.74) is 0.201. The third kappa shape index (κ3) is 4.77. The van der Waals surface area contributed by atoms with Crippen LogP contribution in [0.2, 0.25) is 0 Å². The predicted molar refractivity (Wildman–Crippen MR) is 102 cm³/mol. The lowest BCUT2D eigenvalue weighted by atomic mass is 9.95. The van der Waals surface area contributed by atoms with Crippen LogP contribution in [0.1, 0.15) is 42.5 Å². The van der Waals surface area contributed by atoms with Gasteiger partial charge in [0.1, 0.15) is 11.6 Å². The number of pyridine rings is 1. The zero-order chi connectivity index (χ0) is 19.3. The summed E-state index contributed by atoms with van der Waals surface area (Å²) < 4.78 is 32.9. The molecule has 3 rings (SSSR count). The van der Waals surface area contributed by atoms with Crippen LogP contribution in [0.15, 0.2) is 47.5 Å². The van der Waals surface area contributed by atoms with E-state index in [-0.39, 0.29) is 28.2 Å². The Morgan fingerprint density at radius 3 is 2.59 bits per heavy atom. The van der Waals surface area contributed by atoms with E-state index < -0.39 is 10.0 Å². The van der Waals surface area contributed by atoms with E-state index in [9.17, 15) is 13.2 Å². The number of nitrogens with zero attached hydrogens (tertiary/aromatic N) is 1. The van der Waals surface area contributed by atoms with E-state index >= 15 is 0 Å². The van der Waals surface area contributed by atoms with E-state index in [4.69, 9.17) is 4.74 Å². The topological polar surface area (TPSA) is 97.4 Å². The molecule has 7 nitrogen and oxygen atoms in total. The molecule has 0 atom stereocenters. The zero-order valence-corrected chi connectivity index (χ0v) is 16.0. The van der Waals surface area contributed by atoms with Gasteiger partial charge in [0.25, 0.3) is 15.9 Å². The molecule has 0 spiro atoms. The molecule has 1 fully saturated rings. The lowest BCUT2D eigenvalue weighted by Gasteiger charge is -2.23. The van der Waals surface area contributed by atoms with Crippen molar-refractivity contribution in [1.82, 2.24) is 10.3 Å². The first-order valence-corrected chi connectivity index (χ1v) is 10.4. The zero-order valence-electron chi connectivity index (χ0n) is 15.1. The number of rotatable bonds is 6. The summed E-state index contributed by atoms with van der Waals surface area (Å²) in [5, 5.41) is 2.99. The van der Waals surface area contributed by atoms with E-state index in [1.54, 1.807) is 18.2 Å². The summed E-state index contributed by atoms with van der Waals surface area (Å²) in [6.07, 6.45) is 6.73. The van der Waals surface area contributed by atoms with Crippen molar-refractivity contribution in [3.05, 3.63) is 48.2 Å². The highest BCUT2D eigenvalue weighted by Crippen LogP contribution is 2.25. The number of carbonyl (C=O) groups is 1. The van der Waals surface area contributed by atoms with Crippen molar-refractivity contribution in [3.8, 4) is 5.75 Å². The molecule has 2 N–H and O–H groups in total. The number of hydrogen-bond acceptors (Lipinski definition) is 5. The van der Waals surface area contributed by atoms with Crippen LogP contribution in [-0.2, 0) is 10.0 Å². The molecule has 1 heterocycles. The molecule has 0 unspecified atom stereocenters. The van der Waals surface area contributed by atoms with Gasteiger partial charge in [-0.3, -0.25) is 9.52 Å². The fraction of sp³-hybridized carbons (Fsp3) is 0.368. The highest BCUT2D eigenvalue weighted by molar-refractivity contribution is 7.92. The summed E-state index contributed by atoms with van der Waals surface area (Å²) >= 11 is 0. The van der Waals surface area contributed by atoms with E-state index in [1.807, 2.05) is 0 Å². The molecule has 2 aromatic rings. The third-order valence-electron chi connectivity index (χ3n) is 4.57. The SMILES string of the molecule is COc1ccc(S(=O)(=O)Nc2ccccn2)cc1C(=O)NC1CCCCC1. The number of nitrogens with one attached hydrogen (secondary N) is 2. The van der Waals surface area contributed by atoms with Gasteiger partial charge in [-0.25, -0.2) is 13.4 Å². The Bertz CT molecular complexity index is 894. The fourth-order valence-electron chi connectivity index (χ4n) is 3.16. The molecule has 0 radical (unpaired) electrons. The highest BCUT2D eigenvalue weighted by Gasteiger charge is 2.22. The van der Waals surface area contributed by atoms with Crippen LogP contribution in [0.3, 0.4) is 0 Å². The van der Waals surface area contributed by atoms with Crippen molar-refractivity contribution in [2.24, 2.45) is 0 Å². The Kier molecular flexibility index (Phi) is 5.95. The normalized spacial score (nSPS) is 15.1. The Hall–Kier alpha value is -2.61. The van der Waals surface area contributed by atoms with Gasteiger partial charge in [-0.2, -0.15) is 0 Å². The van der Waals surface area contributed by atoms with E-state index in [0.29, 0.717) is 5.75 Å². The summed E-state index contributed by atoms with van der Waals surface area (Å²) in [6.45, 7) is 0. The minimum absolute atomic E-state index is 0.0252. The van der Waals surface area contributed by atoms with Gasteiger partial charge in [0.15, 0.2) is 0 Å². The van der Waals surface area contributed by atoms with Crippen LogP contribution in [-0.4, -0.2) is 32.5 Å². The molecule has 1 aliphatic rings. The van der Waals surface area contributed by atoms with Gasteiger partial charge >= 0.3 is 0 Å². The minimum Gasteiger partial charge on any atom is -0.496 e. The van der Waals surface area contributed by atoms with Crippen LogP contribution in [0, 0.1) is 0 Å². The van der Waals surface area contributed by atoms with Crippen molar-refractivity contribution in [2.45, 2.75) is 43.0 Å². The number of carbonyl (C=O) groups excluding carboxylic acids is 1. The van der Waals surface area contributed by atoms with Gasteiger partial charge in [-0.05, 0) is 43.2 Å². The second kappa shape index (κ2) is 8.39. The van der Waals surface area contributed by atoms with Gasteiger partial charge in [0.05, 0.1) is 17.6 Å². The summed E-state index contributed by atoms with van der Waals surface area (Å²) in [5.74, 6) is 0.218. The number of ether oxygens (including phenoxy) is 1. The Labute approximate surface area is 159 Å². The van der Waals surface area contributed by atoms with E-state index in [1.165, 1.54) is 37.9 Å². The van der Waals surface area contributed by atoms with Gasteiger partial charge < -0.3 is 10.1 Å². The van der Waals surface area contributed by atoms with Crippen molar-refractivity contribution < 1.29 is 17.9 Å². The van der Waals surface area contributed by atoms with Crippen molar-refractivity contribution in [1.29, 1.82) is 0 Å². The Morgan fingerprint density at radius 1 is 1.15 bits per heavy atom. The summed E-state index contributed by atoms with van der Waals surface area (Å²) in [6, 6.07) is 9.27. The predicted octanol–water partition coefficient (Wildman–Crippen LogP) is 2.95. The quantitative estimate of drug-likeness (QED) is 0.792. The third-order valence-corrected chi connectivity index (χ3v) is 5.92. The molecule has 0 saturated heterocycles. The molecule has 144 valence electrons. The largest absolute Gasteiger partial charge is 0.496 e. The average Bonchev–Trinajstić information content (AvgIpc) is 2.68. The number of amides is 1. The van der Waals surface area contributed by atoms with Crippen LogP contribution in [0.4, 0.5) is 5.82 Å². The smallest absolute Gasteiger partial charge is 0.263 e. The minimum atomic E-state index is -3.88. The number of anilines is 1. The molecule has 1 aliphatic carbocycles. The molecule has 1 saturated carbocycles. The van der Waals surface area contributed by atoms with Gasteiger partial charge in [-0.15, -0.1) is 0 Å². The second-order valence-electron chi connectivity index (χ2n) is 6.49. The summed E-state index contributed by atoms with van der Waals surface area (Å²) in [4.78, 5) is 16.6. The Morgan fingerprint density at radius 2 is 1.93 bits per heavy atom. The number of sulfonamides is 1. The first-order valence-electron chi connectivity index (χ1n) is 8.92. The molecule has 0 aliphatic heterocycles. The molecular formula is C19H23N3O4S. The van der Waals surface area contributed by atoms with Crippen LogP contribution >= 0.6 is 0 Å². The van der Waals surface area contributed by atoms with E-state index in [2.05, 4.69) is 15.0 Å². The van der Waals surface area contributed by atoms with Gasteiger partial charge in [0, 0.05) is 12.2 Å². The monoisotopic (exact) mass is 389 g/mol. The first kappa shape index (κ1) is 19.2. The maximum absolute atomic E-state index is 12.7.